The third kappa shape index (κ3) is 4.79. The summed E-state index contributed by atoms with van der Waals surface area (Å²) in [5.74, 6) is 0.555. The van der Waals surface area contributed by atoms with E-state index in [1.807, 2.05) is 13.0 Å². The summed E-state index contributed by atoms with van der Waals surface area (Å²) in [6, 6.07) is 13.9. The van der Waals surface area contributed by atoms with E-state index >= 15 is 0 Å². The molecule has 0 bridgehead atoms. The molecule has 3 rings (SSSR count). The molecule has 0 spiro atoms. The number of anilines is 1. The first-order chi connectivity index (χ1) is 12.4. The van der Waals surface area contributed by atoms with Crippen molar-refractivity contribution in [3.63, 3.8) is 0 Å². The summed E-state index contributed by atoms with van der Waals surface area (Å²) in [5, 5.41) is 12.0. The quantitative estimate of drug-likeness (QED) is 0.765. The maximum absolute atomic E-state index is 12.9. The van der Waals surface area contributed by atoms with E-state index in [2.05, 4.69) is 10.3 Å². The smallest absolute Gasteiger partial charge is 0.342 e. The Labute approximate surface area is 161 Å². The van der Waals surface area contributed by atoms with Crippen LogP contribution in [0.2, 0.25) is 0 Å². The molecule has 1 N–H and O–H groups in total. The van der Waals surface area contributed by atoms with Crippen LogP contribution in [0.25, 0.3) is 0 Å². The number of amidine groups is 1. The number of nitriles is 1. The molecule has 0 aliphatic carbocycles. The number of hydrogen-bond donors (Lipinski definition) is 1. The Balaban J connectivity index is 0.00000261. The van der Waals surface area contributed by atoms with Gasteiger partial charge in [-0.3, -0.25) is 0 Å². The SMILES string of the molecule is CCC1OC(c2cccc(C(F)(F)F)c2)N=C1Nc1ccc(C#N)cc1.Cl. The Hall–Kier alpha value is -2.56. The summed E-state index contributed by atoms with van der Waals surface area (Å²) >= 11 is 0. The molecule has 0 fully saturated rings. The molecule has 4 nitrogen and oxygen atoms in total. The molecular weight excluding hydrogens is 379 g/mol. The number of benzene rings is 2. The monoisotopic (exact) mass is 395 g/mol. The van der Waals surface area contributed by atoms with Gasteiger partial charge in [-0.05, 0) is 42.8 Å². The summed E-state index contributed by atoms with van der Waals surface area (Å²) in [6.07, 6.45) is -4.92. The lowest BCUT2D eigenvalue weighted by Gasteiger charge is -2.14. The molecule has 1 aliphatic heterocycles. The maximum Gasteiger partial charge on any atom is 0.416 e. The zero-order valence-electron chi connectivity index (χ0n) is 14.3. The van der Waals surface area contributed by atoms with Gasteiger partial charge in [-0.2, -0.15) is 18.4 Å². The Morgan fingerprint density at radius 3 is 2.48 bits per heavy atom. The molecule has 0 amide bonds. The second-order valence-corrected chi connectivity index (χ2v) is 5.84. The highest BCUT2D eigenvalue weighted by molar-refractivity contribution is 5.99. The minimum absolute atomic E-state index is 0. The van der Waals surface area contributed by atoms with Crippen LogP contribution in [-0.4, -0.2) is 11.9 Å². The first-order valence-corrected chi connectivity index (χ1v) is 8.08. The zero-order chi connectivity index (χ0) is 18.7. The van der Waals surface area contributed by atoms with Gasteiger partial charge < -0.3 is 10.1 Å². The summed E-state index contributed by atoms with van der Waals surface area (Å²) in [6.45, 7) is 1.91. The summed E-state index contributed by atoms with van der Waals surface area (Å²) < 4.78 is 44.5. The summed E-state index contributed by atoms with van der Waals surface area (Å²) in [4.78, 5) is 4.42. The van der Waals surface area contributed by atoms with Gasteiger partial charge in [0.25, 0.3) is 0 Å². The van der Waals surface area contributed by atoms with Gasteiger partial charge in [-0.15, -0.1) is 12.4 Å². The average Bonchev–Trinajstić information content (AvgIpc) is 3.05. The Morgan fingerprint density at radius 1 is 1.19 bits per heavy atom. The van der Waals surface area contributed by atoms with Gasteiger partial charge in [0.1, 0.15) is 11.9 Å². The Morgan fingerprint density at radius 2 is 1.89 bits per heavy atom. The van der Waals surface area contributed by atoms with Crippen LogP contribution in [0.1, 0.15) is 36.3 Å². The van der Waals surface area contributed by atoms with Crippen molar-refractivity contribution < 1.29 is 17.9 Å². The molecule has 2 aromatic carbocycles. The van der Waals surface area contributed by atoms with E-state index in [0.717, 1.165) is 17.8 Å². The Kier molecular flexibility index (Phi) is 6.47. The number of hydrogen-bond acceptors (Lipinski definition) is 4. The van der Waals surface area contributed by atoms with Crippen molar-refractivity contribution in [3.05, 3.63) is 65.2 Å². The fourth-order valence-electron chi connectivity index (χ4n) is 2.66. The van der Waals surface area contributed by atoms with Crippen LogP contribution < -0.4 is 5.32 Å². The molecule has 2 atom stereocenters. The lowest BCUT2D eigenvalue weighted by molar-refractivity contribution is -0.137. The minimum Gasteiger partial charge on any atom is -0.342 e. The van der Waals surface area contributed by atoms with E-state index in [0.29, 0.717) is 23.4 Å². The molecule has 2 unspecified atom stereocenters. The summed E-state index contributed by atoms with van der Waals surface area (Å²) in [5.41, 5.74) is 0.897. The van der Waals surface area contributed by atoms with Crippen molar-refractivity contribution in [2.24, 2.45) is 4.99 Å². The largest absolute Gasteiger partial charge is 0.416 e. The highest BCUT2D eigenvalue weighted by Gasteiger charge is 2.33. The number of ether oxygens (including phenoxy) is 1. The van der Waals surface area contributed by atoms with Crippen molar-refractivity contribution in [1.82, 2.24) is 0 Å². The fraction of sp³-hybridized carbons (Fsp3) is 0.263. The predicted octanol–water partition coefficient (Wildman–Crippen LogP) is 5.32. The van der Waals surface area contributed by atoms with Crippen molar-refractivity contribution in [2.75, 3.05) is 5.32 Å². The maximum atomic E-state index is 12.9. The van der Waals surface area contributed by atoms with Gasteiger partial charge in [0.15, 0.2) is 6.23 Å². The van der Waals surface area contributed by atoms with E-state index in [1.54, 1.807) is 30.3 Å². The fourth-order valence-corrected chi connectivity index (χ4v) is 2.66. The van der Waals surface area contributed by atoms with Gasteiger partial charge in [-0.25, -0.2) is 4.99 Å². The van der Waals surface area contributed by atoms with Crippen LogP contribution in [0.5, 0.6) is 0 Å². The highest BCUT2D eigenvalue weighted by Crippen LogP contribution is 2.34. The van der Waals surface area contributed by atoms with Crippen molar-refractivity contribution in [2.45, 2.75) is 31.9 Å². The van der Waals surface area contributed by atoms with E-state index in [-0.39, 0.29) is 18.5 Å². The Bertz CT molecular complexity index is 860. The van der Waals surface area contributed by atoms with Gasteiger partial charge >= 0.3 is 6.18 Å². The molecule has 0 aromatic heterocycles. The van der Waals surface area contributed by atoms with Crippen LogP contribution >= 0.6 is 12.4 Å². The normalized spacial score (nSPS) is 19.0. The first-order valence-electron chi connectivity index (χ1n) is 8.08. The molecule has 1 aliphatic rings. The number of aliphatic imine (C=N–C) groups is 1. The number of rotatable bonds is 3. The second-order valence-electron chi connectivity index (χ2n) is 5.84. The molecule has 0 saturated heterocycles. The third-order valence-corrected chi connectivity index (χ3v) is 4.01. The van der Waals surface area contributed by atoms with Gasteiger partial charge in [-0.1, -0.05) is 19.1 Å². The van der Waals surface area contributed by atoms with Crippen LogP contribution in [-0.2, 0) is 10.9 Å². The first kappa shape index (κ1) is 20.7. The van der Waals surface area contributed by atoms with E-state index < -0.39 is 18.0 Å². The molecule has 0 radical (unpaired) electrons. The van der Waals surface area contributed by atoms with Crippen LogP contribution in [0.3, 0.4) is 0 Å². The van der Waals surface area contributed by atoms with Gasteiger partial charge in [0.2, 0.25) is 0 Å². The number of nitrogens with zero attached hydrogens (tertiary/aromatic N) is 2. The number of alkyl halides is 3. The number of nitrogens with one attached hydrogen (secondary N) is 1. The predicted molar refractivity (Wildman–Crippen MR) is 98.8 cm³/mol. The lowest BCUT2D eigenvalue weighted by atomic mass is 10.1. The number of halogens is 4. The van der Waals surface area contributed by atoms with Crippen molar-refractivity contribution >= 4 is 23.9 Å². The molecule has 8 heteroatoms. The van der Waals surface area contributed by atoms with Gasteiger partial charge in [0.05, 0.1) is 17.2 Å². The van der Waals surface area contributed by atoms with Crippen LogP contribution in [0.4, 0.5) is 18.9 Å². The molecule has 1 heterocycles. The van der Waals surface area contributed by atoms with E-state index in [1.165, 1.54) is 6.07 Å². The van der Waals surface area contributed by atoms with E-state index in [9.17, 15) is 13.2 Å². The molecule has 27 heavy (non-hydrogen) atoms. The zero-order valence-corrected chi connectivity index (χ0v) is 15.1. The van der Waals surface area contributed by atoms with Gasteiger partial charge in [0, 0.05) is 11.3 Å². The van der Waals surface area contributed by atoms with Crippen LogP contribution in [0.15, 0.2) is 53.5 Å². The molecule has 0 saturated carbocycles. The molecule has 2 aromatic rings. The van der Waals surface area contributed by atoms with Crippen LogP contribution in [0, 0.1) is 11.3 Å². The lowest BCUT2D eigenvalue weighted by Crippen LogP contribution is -2.25. The minimum atomic E-state index is -4.41. The molecule has 142 valence electrons. The summed E-state index contributed by atoms with van der Waals surface area (Å²) in [7, 11) is 0. The second kappa shape index (κ2) is 8.42. The molecular formula is C19H17ClF3N3O. The average molecular weight is 396 g/mol. The van der Waals surface area contributed by atoms with Crippen molar-refractivity contribution in [3.8, 4) is 6.07 Å². The topological polar surface area (TPSA) is 57.4 Å². The standard InChI is InChI=1S/C19H16F3N3O.ClH/c1-2-16-17(24-15-8-6-12(11-23)7-9-15)25-18(26-16)13-4-3-5-14(10-13)19(20,21)22;/h3-10,16,18H,2H2,1H3,(H,24,25);1H. The highest BCUT2D eigenvalue weighted by atomic mass is 35.5. The van der Waals surface area contributed by atoms with Crippen molar-refractivity contribution in [1.29, 1.82) is 5.26 Å². The third-order valence-electron chi connectivity index (χ3n) is 4.01. The van der Waals surface area contributed by atoms with E-state index in [4.69, 9.17) is 10.00 Å².